The number of rotatable bonds is 7. The normalized spacial score (nSPS) is 10.5. The molecule has 0 fully saturated rings. The van der Waals surface area contributed by atoms with Gasteiger partial charge in [0.25, 0.3) is 0 Å². The third-order valence-corrected chi connectivity index (χ3v) is 3.91. The van der Waals surface area contributed by atoms with E-state index in [2.05, 4.69) is 40.2 Å². The molecule has 0 saturated carbocycles. The molecule has 0 aliphatic carbocycles. The first-order chi connectivity index (χ1) is 9.79. The van der Waals surface area contributed by atoms with E-state index in [0.717, 1.165) is 41.7 Å². The molecule has 0 atom stereocenters. The highest BCUT2D eigenvalue weighted by Gasteiger charge is 2.03. The SMILES string of the molecule is ClCc1cc(Br)ccc1OCCCCc1ccccc1. The summed E-state index contributed by atoms with van der Waals surface area (Å²) in [6, 6.07) is 16.5. The molecule has 2 aromatic rings. The molecule has 1 nitrogen and oxygen atoms in total. The van der Waals surface area contributed by atoms with Crippen LogP contribution in [0, 0.1) is 0 Å². The first kappa shape index (κ1) is 15.4. The van der Waals surface area contributed by atoms with Gasteiger partial charge in [-0.1, -0.05) is 46.3 Å². The predicted octanol–water partition coefficient (Wildman–Crippen LogP) is 5.59. The molecule has 2 rings (SSSR count). The Morgan fingerprint density at radius 2 is 1.80 bits per heavy atom. The van der Waals surface area contributed by atoms with E-state index in [1.165, 1.54) is 5.56 Å². The van der Waals surface area contributed by atoms with Crippen molar-refractivity contribution in [3.63, 3.8) is 0 Å². The third-order valence-electron chi connectivity index (χ3n) is 3.13. The van der Waals surface area contributed by atoms with Gasteiger partial charge in [-0.3, -0.25) is 0 Å². The minimum absolute atomic E-state index is 0.471. The van der Waals surface area contributed by atoms with Crippen molar-refractivity contribution in [2.45, 2.75) is 25.1 Å². The second-order valence-electron chi connectivity index (χ2n) is 4.68. The summed E-state index contributed by atoms with van der Waals surface area (Å²) in [5.41, 5.74) is 2.42. The molecule has 0 amide bonds. The molecule has 0 N–H and O–H groups in total. The van der Waals surface area contributed by atoms with Crippen molar-refractivity contribution in [2.24, 2.45) is 0 Å². The highest BCUT2D eigenvalue weighted by molar-refractivity contribution is 9.10. The summed E-state index contributed by atoms with van der Waals surface area (Å²) in [5.74, 6) is 1.36. The Kier molecular flexibility index (Phi) is 6.41. The molecule has 3 heteroatoms. The molecule has 2 aromatic carbocycles. The van der Waals surface area contributed by atoms with Crippen molar-refractivity contribution in [3.8, 4) is 5.75 Å². The van der Waals surface area contributed by atoms with Crippen molar-refractivity contribution >= 4 is 27.5 Å². The maximum absolute atomic E-state index is 5.92. The molecule has 0 spiro atoms. The number of hydrogen-bond donors (Lipinski definition) is 0. The second-order valence-corrected chi connectivity index (χ2v) is 5.86. The van der Waals surface area contributed by atoms with E-state index in [4.69, 9.17) is 16.3 Å². The monoisotopic (exact) mass is 352 g/mol. The third kappa shape index (κ3) is 4.84. The average molecular weight is 354 g/mol. The summed E-state index contributed by atoms with van der Waals surface area (Å²) in [4.78, 5) is 0. The summed E-state index contributed by atoms with van der Waals surface area (Å²) in [6.45, 7) is 0.734. The standard InChI is InChI=1S/C17H18BrClO/c18-16-9-10-17(15(12-16)13-19)20-11-5-4-8-14-6-2-1-3-7-14/h1-3,6-7,9-10,12H,4-5,8,11,13H2. The van der Waals surface area contributed by atoms with Gasteiger partial charge in [-0.05, 0) is 43.0 Å². The van der Waals surface area contributed by atoms with Crippen LogP contribution in [0.5, 0.6) is 5.75 Å². The Morgan fingerprint density at radius 1 is 1.00 bits per heavy atom. The molecule has 0 aliphatic rings. The van der Waals surface area contributed by atoms with Crippen LogP contribution in [0.3, 0.4) is 0 Å². The van der Waals surface area contributed by atoms with E-state index in [0.29, 0.717) is 5.88 Å². The van der Waals surface area contributed by atoms with Crippen molar-refractivity contribution in [1.82, 2.24) is 0 Å². The average Bonchev–Trinajstić information content (AvgIpc) is 2.49. The summed E-state index contributed by atoms with van der Waals surface area (Å²) >= 11 is 9.37. The number of alkyl halides is 1. The molecule has 106 valence electrons. The fourth-order valence-corrected chi connectivity index (χ4v) is 2.67. The lowest BCUT2D eigenvalue weighted by Gasteiger charge is -2.10. The van der Waals surface area contributed by atoms with Gasteiger partial charge >= 0.3 is 0 Å². The molecule has 0 aliphatic heterocycles. The quantitative estimate of drug-likeness (QED) is 0.466. The van der Waals surface area contributed by atoms with Crippen molar-refractivity contribution in [1.29, 1.82) is 0 Å². The Labute approximate surface area is 134 Å². The maximum atomic E-state index is 5.92. The van der Waals surface area contributed by atoms with Gasteiger partial charge in [0.15, 0.2) is 0 Å². The van der Waals surface area contributed by atoms with Gasteiger partial charge in [0, 0.05) is 10.0 Å². The zero-order valence-electron chi connectivity index (χ0n) is 11.3. The van der Waals surface area contributed by atoms with E-state index < -0.39 is 0 Å². The van der Waals surface area contributed by atoms with Crippen LogP contribution in [0.15, 0.2) is 53.0 Å². The summed E-state index contributed by atoms with van der Waals surface area (Å²) in [5, 5.41) is 0. The van der Waals surface area contributed by atoms with E-state index in [1.807, 2.05) is 24.3 Å². The van der Waals surface area contributed by atoms with E-state index in [9.17, 15) is 0 Å². The van der Waals surface area contributed by atoms with Crippen LogP contribution in [-0.4, -0.2) is 6.61 Å². The highest BCUT2D eigenvalue weighted by atomic mass is 79.9. The molecule has 0 bridgehead atoms. The zero-order valence-corrected chi connectivity index (χ0v) is 13.7. The Hall–Kier alpha value is -0.990. The minimum atomic E-state index is 0.471. The first-order valence-corrected chi connectivity index (χ1v) is 8.13. The van der Waals surface area contributed by atoms with Crippen LogP contribution in [0.2, 0.25) is 0 Å². The van der Waals surface area contributed by atoms with Gasteiger partial charge in [-0.2, -0.15) is 0 Å². The zero-order chi connectivity index (χ0) is 14.2. The van der Waals surface area contributed by atoms with Crippen LogP contribution < -0.4 is 4.74 Å². The maximum Gasteiger partial charge on any atom is 0.123 e. The van der Waals surface area contributed by atoms with Gasteiger partial charge in [0.2, 0.25) is 0 Å². The summed E-state index contributed by atoms with van der Waals surface area (Å²) in [7, 11) is 0. The first-order valence-electron chi connectivity index (χ1n) is 6.80. The number of ether oxygens (including phenoxy) is 1. The van der Waals surface area contributed by atoms with Gasteiger partial charge < -0.3 is 4.74 Å². The molecular weight excluding hydrogens is 336 g/mol. The smallest absolute Gasteiger partial charge is 0.123 e. The van der Waals surface area contributed by atoms with Crippen LogP contribution >= 0.6 is 27.5 Å². The highest BCUT2D eigenvalue weighted by Crippen LogP contribution is 2.25. The number of halogens is 2. The van der Waals surface area contributed by atoms with Crippen LogP contribution in [0.25, 0.3) is 0 Å². The molecular formula is C17H18BrClO. The molecule has 0 heterocycles. The number of benzene rings is 2. The lowest BCUT2D eigenvalue weighted by molar-refractivity contribution is 0.304. The minimum Gasteiger partial charge on any atom is -0.493 e. The number of unbranched alkanes of at least 4 members (excludes halogenated alkanes) is 1. The largest absolute Gasteiger partial charge is 0.493 e. The van der Waals surface area contributed by atoms with Crippen LogP contribution in [0.4, 0.5) is 0 Å². The predicted molar refractivity (Wildman–Crippen MR) is 88.6 cm³/mol. The molecule has 20 heavy (non-hydrogen) atoms. The summed E-state index contributed by atoms with van der Waals surface area (Å²) < 4.78 is 6.85. The van der Waals surface area contributed by atoms with Crippen molar-refractivity contribution in [2.75, 3.05) is 6.61 Å². The summed E-state index contributed by atoms with van der Waals surface area (Å²) in [6.07, 6.45) is 3.29. The Bertz CT molecular complexity index is 528. The fourth-order valence-electron chi connectivity index (χ4n) is 2.05. The van der Waals surface area contributed by atoms with Crippen molar-refractivity contribution < 1.29 is 4.74 Å². The van der Waals surface area contributed by atoms with E-state index >= 15 is 0 Å². The Balaban J connectivity index is 1.73. The van der Waals surface area contributed by atoms with Gasteiger partial charge in [0.1, 0.15) is 5.75 Å². The molecule has 0 saturated heterocycles. The van der Waals surface area contributed by atoms with Crippen LogP contribution in [-0.2, 0) is 12.3 Å². The fraction of sp³-hybridized carbons (Fsp3) is 0.294. The number of hydrogen-bond acceptors (Lipinski definition) is 1. The van der Waals surface area contributed by atoms with Gasteiger partial charge in [-0.15, -0.1) is 11.6 Å². The van der Waals surface area contributed by atoms with Crippen molar-refractivity contribution in [3.05, 3.63) is 64.1 Å². The lowest BCUT2D eigenvalue weighted by atomic mass is 10.1. The molecule has 0 aromatic heterocycles. The van der Waals surface area contributed by atoms with Gasteiger partial charge in [0.05, 0.1) is 12.5 Å². The Morgan fingerprint density at radius 3 is 2.55 bits per heavy atom. The molecule has 0 unspecified atom stereocenters. The topological polar surface area (TPSA) is 9.23 Å². The lowest BCUT2D eigenvalue weighted by Crippen LogP contribution is -2.00. The second kappa shape index (κ2) is 8.33. The number of aryl methyl sites for hydroxylation is 1. The van der Waals surface area contributed by atoms with Gasteiger partial charge in [-0.25, -0.2) is 0 Å². The molecule has 0 radical (unpaired) electrons. The van der Waals surface area contributed by atoms with E-state index in [1.54, 1.807) is 0 Å². The van der Waals surface area contributed by atoms with Crippen LogP contribution in [0.1, 0.15) is 24.0 Å². The van der Waals surface area contributed by atoms with E-state index in [-0.39, 0.29) is 0 Å².